The second-order valence-electron chi connectivity index (χ2n) is 6.10. The van der Waals surface area contributed by atoms with Crippen molar-refractivity contribution < 1.29 is 9.21 Å². The monoisotopic (exact) mass is 453 g/mol. The van der Waals surface area contributed by atoms with E-state index in [0.717, 1.165) is 0 Å². The van der Waals surface area contributed by atoms with Crippen molar-refractivity contribution in [2.45, 2.75) is 0 Å². The van der Waals surface area contributed by atoms with Crippen LogP contribution in [0.1, 0.15) is 10.4 Å². The first-order valence-corrected chi connectivity index (χ1v) is 9.59. The van der Waals surface area contributed by atoms with Gasteiger partial charge in [0.25, 0.3) is 5.91 Å². The molecule has 1 aromatic heterocycles. The molecule has 0 fully saturated rings. The fourth-order valence-corrected chi connectivity index (χ4v) is 3.57. The third-order valence-electron chi connectivity index (χ3n) is 4.24. The summed E-state index contributed by atoms with van der Waals surface area (Å²) in [7, 11) is 0. The van der Waals surface area contributed by atoms with Gasteiger partial charge in [-0.2, -0.15) is 0 Å². The van der Waals surface area contributed by atoms with Crippen molar-refractivity contribution in [2.24, 2.45) is 0 Å². The maximum Gasteiger partial charge on any atom is 0.256 e. The van der Waals surface area contributed by atoms with Gasteiger partial charge in [-0.3, -0.25) is 9.59 Å². The number of hydrogen-bond donors (Lipinski definition) is 1. The third-order valence-corrected chi connectivity index (χ3v) is 5.26. The van der Waals surface area contributed by atoms with Crippen LogP contribution in [0, 0.1) is 0 Å². The van der Waals surface area contributed by atoms with E-state index in [2.05, 4.69) is 21.2 Å². The average molecular weight is 455 g/mol. The maximum atomic E-state index is 12.6. The van der Waals surface area contributed by atoms with E-state index >= 15 is 0 Å². The lowest BCUT2D eigenvalue weighted by molar-refractivity contribution is 0.102. The highest BCUT2D eigenvalue weighted by molar-refractivity contribution is 9.10. The van der Waals surface area contributed by atoms with E-state index in [4.69, 9.17) is 16.0 Å². The molecule has 4 aromatic rings. The van der Waals surface area contributed by atoms with Gasteiger partial charge in [0.1, 0.15) is 11.3 Å². The SMILES string of the molecule is O=C(Nc1ccc2oc(-c3ccccc3Cl)cc(=O)c2c1)c1ccccc1Br. The lowest BCUT2D eigenvalue weighted by atomic mass is 10.1. The topological polar surface area (TPSA) is 59.3 Å². The van der Waals surface area contributed by atoms with E-state index in [9.17, 15) is 9.59 Å². The lowest BCUT2D eigenvalue weighted by Crippen LogP contribution is -2.13. The van der Waals surface area contributed by atoms with Gasteiger partial charge in [0.05, 0.1) is 16.0 Å². The van der Waals surface area contributed by atoms with Crippen molar-refractivity contribution in [3.8, 4) is 11.3 Å². The average Bonchev–Trinajstić information content (AvgIpc) is 2.69. The Morgan fingerprint density at radius 2 is 1.71 bits per heavy atom. The zero-order valence-electron chi connectivity index (χ0n) is 14.4. The Morgan fingerprint density at radius 3 is 2.50 bits per heavy atom. The van der Waals surface area contributed by atoms with Crippen molar-refractivity contribution in [1.29, 1.82) is 0 Å². The number of fused-ring (bicyclic) bond motifs is 1. The number of carbonyl (C=O) groups excluding carboxylic acids is 1. The van der Waals surface area contributed by atoms with Crippen molar-refractivity contribution >= 4 is 50.1 Å². The molecule has 3 aromatic carbocycles. The van der Waals surface area contributed by atoms with Crippen molar-refractivity contribution in [2.75, 3.05) is 5.32 Å². The summed E-state index contributed by atoms with van der Waals surface area (Å²) in [6.07, 6.45) is 0. The molecule has 1 amide bonds. The van der Waals surface area contributed by atoms with Gasteiger partial charge in [0.15, 0.2) is 5.43 Å². The number of amides is 1. The van der Waals surface area contributed by atoms with Crippen LogP contribution in [-0.2, 0) is 0 Å². The van der Waals surface area contributed by atoms with E-state index < -0.39 is 0 Å². The first-order chi connectivity index (χ1) is 13.5. The molecule has 1 heterocycles. The van der Waals surface area contributed by atoms with Crippen LogP contribution >= 0.6 is 27.5 Å². The van der Waals surface area contributed by atoms with Crippen molar-refractivity contribution in [3.63, 3.8) is 0 Å². The number of benzene rings is 3. The molecule has 0 aliphatic rings. The van der Waals surface area contributed by atoms with Crippen LogP contribution in [-0.4, -0.2) is 5.91 Å². The molecule has 4 rings (SSSR count). The van der Waals surface area contributed by atoms with Crippen LogP contribution in [0.15, 0.2) is 86.5 Å². The van der Waals surface area contributed by atoms with E-state index in [1.807, 2.05) is 18.2 Å². The largest absolute Gasteiger partial charge is 0.456 e. The number of hydrogen-bond acceptors (Lipinski definition) is 3. The van der Waals surface area contributed by atoms with Gasteiger partial charge in [0.2, 0.25) is 0 Å². The summed E-state index contributed by atoms with van der Waals surface area (Å²) >= 11 is 9.56. The summed E-state index contributed by atoms with van der Waals surface area (Å²) < 4.78 is 6.56. The first kappa shape index (κ1) is 18.5. The highest BCUT2D eigenvalue weighted by Gasteiger charge is 2.13. The molecule has 138 valence electrons. The summed E-state index contributed by atoms with van der Waals surface area (Å²) in [4.78, 5) is 25.1. The van der Waals surface area contributed by atoms with Gasteiger partial charge >= 0.3 is 0 Å². The molecule has 0 saturated heterocycles. The molecule has 4 nitrogen and oxygen atoms in total. The van der Waals surface area contributed by atoms with Gasteiger partial charge in [-0.05, 0) is 58.4 Å². The zero-order valence-corrected chi connectivity index (χ0v) is 16.8. The molecule has 6 heteroatoms. The summed E-state index contributed by atoms with van der Waals surface area (Å²) in [5, 5.41) is 3.68. The molecular weight excluding hydrogens is 442 g/mol. The minimum atomic E-state index is -0.274. The van der Waals surface area contributed by atoms with E-state index in [1.54, 1.807) is 48.5 Å². The quantitative estimate of drug-likeness (QED) is 0.405. The Kier molecular flexibility index (Phi) is 5.03. The number of halogens is 2. The predicted octanol–water partition coefficient (Wildman–Crippen LogP) is 6.13. The predicted molar refractivity (Wildman–Crippen MR) is 115 cm³/mol. The fourth-order valence-electron chi connectivity index (χ4n) is 2.87. The normalized spacial score (nSPS) is 10.8. The molecule has 0 aliphatic carbocycles. The molecule has 0 bridgehead atoms. The number of nitrogens with one attached hydrogen (secondary N) is 1. The Balaban J connectivity index is 1.70. The minimum Gasteiger partial charge on any atom is -0.456 e. The Morgan fingerprint density at radius 1 is 0.964 bits per heavy atom. The van der Waals surface area contributed by atoms with Crippen LogP contribution in [0.3, 0.4) is 0 Å². The highest BCUT2D eigenvalue weighted by atomic mass is 79.9. The molecule has 0 atom stereocenters. The Bertz CT molecular complexity index is 1270. The van der Waals surface area contributed by atoms with Crippen LogP contribution < -0.4 is 10.7 Å². The molecule has 0 spiro atoms. The highest BCUT2D eigenvalue weighted by Crippen LogP contribution is 2.29. The zero-order chi connectivity index (χ0) is 19.7. The molecular formula is C22H13BrClNO3. The molecule has 0 aliphatic heterocycles. The fraction of sp³-hybridized carbons (Fsp3) is 0. The van der Waals surface area contributed by atoms with Gasteiger partial charge in [0, 0.05) is 21.8 Å². The first-order valence-electron chi connectivity index (χ1n) is 8.41. The van der Waals surface area contributed by atoms with Crippen LogP contribution in [0.2, 0.25) is 5.02 Å². The number of carbonyl (C=O) groups is 1. The van der Waals surface area contributed by atoms with Crippen LogP contribution in [0.4, 0.5) is 5.69 Å². The van der Waals surface area contributed by atoms with Crippen LogP contribution in [0.5, 0.6) is 0 Å². The van der Waals surface area contributed by atoms with Crippen molar-refractivity contribution in [3.05, 3.63) is 98.1 Å². The third kappa shape index (κ3) is 3.59. The smallest absolute Gasteiger partial charge is 0.256 e. The van der Waals surface area contributed by atoms with E-state index in [1.165, 1.54) is 6.07 Å². The number of rotatable bonds is 3. The summed E-state index contributed by atoms with van der Waals surface area (Å²) in [5.41, 5.74) is 1.86. The Labute approximate surface area is 173 Å². The second-order valence-corrected chi connectivity index (χ2v) is 7.36. The Hall–Kier alpha value is -2.89. The standard InChI is InChI=1S/C22H13BrClNO3/c23-17-7-3-1-5-14(17)22(27)25-13-9-10-20-16(11-13)19(26)12-21(28-20)15-6-2-4-8-18(15)24/h1-12H,(H,25,27). The maximum absolute atomic E-state index is 12.6. The van der Waals surface area contributed by atoms with Crippen molar-refractivity contribution in [1.82, 2.24) is 0 Å². The molecule has 0 radical (unpaired) electrons. The summed E-state index contributed by atoms with van der Waals surface area (Å²) in [6.45, 7) is 0. The molecule has 0 saturated carbocycles. The van der Waals surface area contributed by atoms with Crippen LogP contribution in [0.25, 0.3) is 22.3 Å². The molecule has 1 N–H and O–H groups in total. The van der Waals surface area contributed by atoms with E-state index in [0.29, 0.717) is 43.0 Å². The molecule has 0 unspecified atom stereocenters. The number of anilines is 1. The van der Waals surface area contributed by atoms with Gasteiger partial charge in [-0.15, -0.1) is 0 Å². The minimum absolute atomic E-state index is 0.215. The van der Waals surface area contributed by atoms with E-state index in [-0.39, 0.29) is 11.3 Å². The van der Waals surface area contributed by atoms with Gasteiger partial charge in [-0.1, -0.05) is 35.9 Å². The summed E-state index contributed by atoms with van der Waals surface area (Å²) in [5.74, 6) is 0.122. The lowest BCUT2D eigenvalue weighted by Gasteiger charge is -2.09. The van der Waals surface area contributed by atoms with Gasteiger partial charge < -0.3 is 9.73 Å². The van der Waals surface area contributed by atoms with Gasteiger partial charge in [-0.25, -0.2) is 0 Å². The summed E-state index contributed by atoms with van der Waals surface area (Å²) in [6, 6.07) is 20.6. The molecule has 28 heavy (non-hydrogen) atoms. The second kappa shape index (κ2) is 7.62.